The summed E-state index contributed by atoms with van der Waals surface area (Å²) >= 11 is 11.5. The highest BCUT2D eigenvalue weighted by atomic mass is 35.5. The van der Waals surface area contributed by atoms with Gasteiger partial charge in [-0.1, -0.05) is 23.2 Å². The molecule has 1 amide bonds. The van der Waals surface area contributed by atoms with Gasteiger partial charge < -0.3 is 15.2 Å². The SMILES string of the molecule is COc1cc(Cl)c(Cl)cc1C(=O)NC(CF)C(=O)O. The van der Waals surface area contributed by atoms with Crippen LogP contribution in [0, 0.1) is 0 Å². The number of alkyl halides is 1. The monoisotopic (exact) mass is 309 g/mol. The molecule has 5 nitrogen and oxygen atoms in total. The molecule has 1 aromatic rings. The fourth-order valence-electron chi connectivity index (χ4n) is 1.28. The Labute approximate surface area is 118 Å². The van der Waals surface area contributed by atoms with Crippen molar-refractivity contribution in [3.05, 3.63) is 27.7 Å². The molecule has 0 bridgehead atoms. The molecule has 0 fully saturated rings. The Hall–Kier alpha value is -1.53. The first-order valence-electron chi connectivity index (χ1n) is 5.03. The molecule has 19 heavy (non-hydrogen) atoms. The van der Waals surface area contributed by atoms with Gasteiger partial charge in [0.1, 0.15) is 12.4 Å². The van der Waals surface area contributed by atoms with Crippen LogP contribution in [-0.2, 0) is 4.79 Å². The molecule has 0 aliphatic heterocycles. The number of aliphatic carboxylic acids is 1. The van der Waals surface area contributed by atoms with Crippen LogP contribution in [0.2, 0.25) is 10.0 Å². The number of nitrogens with one attached hydrogen (secondary N) is 1. The smallest absolute Gasteiger partial charge is 0.328 e. The van der Waals surface area contributed by atoms with Crippen LogP contribution < -0.4 is 10.1 Å². The van der Waals surface area contributed by atoms with Gasteiger partial charge in [0.25, 0.3) is 5.91 Å². The molecule has 2 N–H and O–H groups in total. The van der Waals surface area contributed by atoms with Crippen molar-refractivity contribution >= 4 is 35.1 Å². The van der Waals surface area contributed by atoms with Crippen LogP contribution in [0.3, 0.4) is 0 Å². The van der Waals surface area contributed by atoms with Gasteiger partial charge in [-0.3, -0.25) is 4.79 Å². The number of carboxylic acids is 1. The summed E-state index contributed by atoms with van der Waals surface area (Å²) in [6.07, 6.45) is 0. The molecule has 0 saturated carbocycles. The lowest BCUT2D eigenvalue weighted by atomic mass is 10.1. The summed E-state index contributed by atoms with van der Waals surface area (Å²) in [5.74, 6) is -2.19. The fourth-order valence-corrected chi connectivity index (χ4v) is 1.59. The minimum atomic E-state index is -1.63. The van der Waals surface area contributed by atoms with E-state index in [0.717, 1.165) is 0 Å². The van der Waals surface area contributed by atoms with Crippen molar-refractivity contribution < 1.29 is 23.8 Å². The van der Waals surface area contributed by atoms with Crippen LogP contribution in [0.4, 0.5) is 4.39 Å². The molecule has 0 radical (unpaired) electrons. The van der Waals surface area contributed by atoms with Crippen LogP contribution in [0.15, 0.2) is 12.1 Å². The van der Waals surface area contributed by atoms with Gasteiger partial charge in [0.15, 0.2) is 6.04 Å². The van der Waals surface area contributed by atoms with Crippen molar-refractivity contribution in [1.29, 1.82) is 0 Å². The number of rotatable bonds is 5. The summed E-state index contributed by atoms with van der Waals surface area (Å²) in [7, 11) is 1.31. The van der Waals surface area contributed by atoms with Gasteiger partial charge in [-0.05, 0) is 6.07 Å². The molecule has 0 spiro atoms. The maximum Gasteiger partial charge on any atom is 0.328 e. The molecule has 1 rings (SSSR count). The second-order valence-corrected chi connectivity index (χ2v) is 4.30. The molecule has 0 aromatic heterocycles. The summed E-state index contributed by atoms with van der Waals surface area (Å²) in [5.41, 5.74) is -0.0309. The van der Waals surface area contributed by atoms with Gasteiger partial charge in [0.05, 0.1) is 22.7 Å². The summed E-state index contributed by atoms with van der Waals surface area (Å²) in [5, 5.41) is 10.9. The van der Waals surface area contributed by atoms with Gasteiger partial charge in [0, 0.05) is 6.07 Å². The van der Waals surface area contributed by atoms with Gasteiger partial charge in [-0.25, -0.2) is 9.18 Å². The highest BCUT2D eigenvalue weighted by Gasteiger charge is 2.23. The number of carbonyl (C=O) groups excluding carboxylic acids is 1. The van der Waals surface area contributed by atoms with E-state index in [2.05, 4.69) is 0 Å². The number of amides is 1. The van der Waals surface area contributed by atoms with Crippen LogP contribution in [0.25, 0.3) is 0 Å². The lowest BCUT2D eigenvalue weighted by Crippen LogP contribution is -2.42. The van der Waals surface area contributed by atoms with Crippen molar-refractivity contribution in [3.63, 3.8) is 0 Å². The van der Waals surface area contributed by atoms with Crippen molar-refractivity contribution in [2.24, 2.45) is 0 Å². The number of hydrogen-bond acceptors (Lipinski definition) is 3. The zero-order valence-corrected chi connectivity index (χ0v) is 11.3. The molecular weight excluding hydrogens is 300 g/mol. The molecule has 0 aliphatic carbocycles. The van der Waals surface area contributed by atoms with Crippen molar-refractivity contribution in [2.75, 3.05) is 13.8 Å². The lowest BCUT2D eigenvalue weighted by Gasteiger charge is -2.13. The predicted octanol–water partition coefficient (Wildman–Crippen LogP) is 2.15. The summed E-state index contributed by atoms with van der Waals surface area (Å²) in [6, 6.07) is 0.894. The number of methoxy groups -OCH3 is 1. The third-order valence-corrected chi connectivity index (χ3v) is 2.97. The molecule has 8 heteroatoms. The largest absolute Gasteiger partial charge is 0.496 e. The maximum atomic E-state index is 12.4. The van der Waals surface area contributed by atoms with Crippen LogP contribution in [0.1, 0.15) is 10.4 Å². The zero-order valence-electron chi connectivity index (χ0n) is 9.75. The summed E-state index contributed by atoms with van der Waals surface area (Å²) in [6.45, 7) is -1.23. The third kappa shape index (κ3) is 3.71. The number of benzene rings is 1. The van der Waals surface area contributed by atoms with Crippen LogP contribution >= 0.6 is 23.2 Å². The Morgan fingerprint density at radius 1 is 1.42 bits per heavy atom. The highest BCUT2D eigenvalue weighted by molar-refractivity contribution is 6.42. The van der Waals surface area contributed by atoms with Crippen molar-refractivity contribution in [3.8, 4) is 5.75 Å². The van der Waals surface area contributed by atoms with Crippen LogP contribution in [-0.4, -0.2) is 36.8 Å². The molecule has 104 valence electrons. The molecular formula is C11H10Cl2FNO4. The Bertz CT molecular complexity index is 510. The van der Waals surface area contributed by atoms with Crippen LogP contribution in [0.5, 0.6) is 5.75 Å². The maximum absolute atomic E-state index is 12.4. The van der Waals surface area contributed by atoms with E-state index in [4.69, 9.17) is 33.0 Å². The number of ether oxygens (including phenoxy) is 1. The first-order chi connectivity index (χ1) is 8.90. The molecule has 1 atom stereocenters. The van der Waals surface area contributed by atoms with E-state index in [-0.39, 0.29) is 21.4 Å². The van der Waals surface area contributed by atoms with Crippen molar-refractivity contribution in [1.82, 2.24) is 5.32 Å². The third-order valence-electron chi connectivity index (χ3n) is 2.24. The number of halogens is 3. The topological polar surface area (TPSA) is 75.6 Å². The van der Waals surface area contributed by atoms with E-state index < -0.39 is 24.6 Å². The minimum absolute atomic E-state index is 0.0309. The highest BCUT2D eigenvalue weighted by Crippen LogP contribution is 2.30. The Morgan fingerprint density at radius 2 is 2.00 bits per heavy atom. The van der Waals surface area contributed by atoms with E-state index in [1.54, 1.807) is 0 Å². The average molecular weight is 310 g/mol. The minimum Gasteiger partial charge on any atom is -0.496 e. The normalized spacial score (nSPS) is 11.8. The molecule has 0 aliphatic rings. The van der Waals surface area contributed by atoms with Gasteiger partial charge in [-0.2, -0.15) is 0 Å². The Kier molecular flexibility index (Phi) is 5.38. The quantitative estimate of drug-likeness (QED) is 0.874. The molecule has 0 saturated heterocycles. The van der Waals surface area contributed by atoms with Gasteiger partial charge >= 0.3 is 5.97 Å². The second-order valence-electron chi connectivity index (χ2n) is 3.49. The first kappa shape index (κ1) is 15.5. The van der Waals surface area contributed by atoms with E-state index in [1.165, 1.54) is 19.2 Å². The van der Waals surface area contributed by atoms with E-state index >= 15 is 0 Å². The second kappa shape index (κ2) is 6.58. The zero-order chi connectivity index (χ0) is 14.6. The summed E-state index contributed by atoms with van der Waals surface area (Å²) in [4.78, 5) is 22.5. The number of carboxylic acid groups (broad SMARTS) is 1. The standard InChI is InChI=1S/C11H10Cl2FNO4/c1-19-9-3-7(13)6(12)2-5(9)10(16)15-8(4-14)11(17)18/h2-3,8H,4H2,1H3,(H,15,16)(H,17,18). The van der Waals surface area contributed by atoms with Crippen molar-refractivity contribution in [2.45, 2.75) is 6.04 Å². The predicted molar refractivity (Wildman–Crippen MR) is 67.9 cm³/mol. The Morgan fingerprint density at radius 3 is 2.47 bits per heavy atom. The van der Waals surface area contributed by atoms with Gasteiger partial charge in [0.2, 0.25) is 0 Å². The van der Waals surface area contributed by atoms with E-state index in [9.17, 15) is 14.0 Å². The first-order valence-corrected chi connectivity index (χ1v) is 5.79. The number of carbonyl (C=O) groups is 2. The van der Waals surface area contributed by atoms with E-state index in [1.807, 2.05) is 5.32 Å². The number of hydrogen-bond donors (Lipinski definition) is 2. The Balaban J connectivity index is 3.05. The molecule has 0 heterocycles. The molecule has 1 aromatic carbocycles. The fraction of sp³-hybridized carbons (Fsp3) is 0.273. The van der Waals surface area contributed by atoms with Gasteiger partial charge in [-0.15, -0.1) is 0 Å². The molecule has 1 unspecified atom stereocenters. The average Bonchev–Trinajstić information content (AvgIpc) is 2.37. The summed E-state index contributed by atoms with van der Waals surface area (Å²) < 4.78 is 17.4. The van der Waals surface area contributed by atoms with E-state index in [0.29, 0.717) is 0 Å². The lowest BCUT2D eigenvalue weighted by molar-refractivity contribution is -0.139.